The maximum absolute atomic E-state index is 12.5. The number of nitriles is 1. The lowest BCUT2D eigenvalue weighted by Crippen LogP contribution is -2.32. The van der Waals surface area contributed by atoms with Crippen LogP contribution in [0.5, 0.6) is 0 Å². The number of carbonyl (C=O) groups is 1. The monoisotopic (exact) mass is 332 g/mol. The molecule has 3 nitrogen and oxygen atoms in total. The van der Waals surface area contributed by atoms with E-state index in [1.807, 2.05) is 35.7 Å². The maximum atomic E-state index is 12.5. The Balaban J connectivity index is 1.72. The van der Waals surface area contributed by atoms with Crippen molar-refractivity contribution in [3.63, 3.8) is 0 Å². The molecule has 5 heteroatoms. The molecule has 0 spiro atoms. The van der Waals surface area contributed by atoms with E-state index in [-0.39, 0.29) is 5.91 Å². The van der Waals surface area contributed by atoms with Gasteiger partial charge in [0.15, 0.2) is 0 Å². The average Bonchev–Trinajstić information content (AvgIpc) is 3.06. The lowest BCUT2D eigenvalue weighted by Gasteiger charge is -2.23. The first-order valence-electron chi connectivity index (χ1n) is 7.79. The van der Waals surface area contributed by atoms with Crippen LogP contribution in [0.3, 0.4) is 0 Å². The largest absolute Gasteiger partial charge is 0.325 e. The number of benzene rings is 1. The van der Waals surface area contributed by atoms with Gasteiger partial charge in [-0.3, -0.25) is 4.79 Å². The highest BCUT2D eigenvalue weighted by molar-refractivity contribution is 8.16. The molecule has 1 aliphatic heterocycles. The highest BCUT2D eigenvalue weighted by Crippen LogP contribution is 2.44. The summed E-state index contributed by atoms with van der Waals surface area (Å²) in [6.45, 7) is 0. The van der Waals surface area contributed by atoms with Crippen molar-refractivity contribution in [1.82, 2.24) is 0 Å². The van der Waals surface area contributed by atoms with Gasteiger partial charge in [-0.25, -0.2) is 0 Å². The van der Waals surface area contributed by atoms with Crippen LogP contribution in [0, 0.1) is 16.7 Å². The van der Waals surface area contributed by atoms with Crippen LogP contribution in [0.25, 0.3) is 0 Å². The van der Waals surface area contributed by atoms with Gasteiger partial charge in [0.25, 0.3) is 0 Å². The smallest absolute Gasteiger partial charge is 0.244 e. The summed E-state index contributed by atoms with van der Waals surface area (Å²) in [6.07, 6.45) is 4.58. The molecule has 1 N–H and O–H groups in total. The number of hydrogen-bond donors (Lipinski definition) is 1. The summed E-state index contributed by atoms with van der Waals surface area (Å²) in [5, 5.41) is 12.4. The number of anilines is 1. The molecule has 1 saturated heterocycles. The molecule has 0 bridgehead atoms. The third-order valence-corrected chi connectivity index (χ3v) is 7.36. The summed E-state index contributed by atoms with van der Waals surface area (Å²) in [6, 6.07) is 10.4. The Morgan fingerprint density at radius 2 is 1.95 bits per heavy atom. The quantitative estimate of drug-likeness (QED) is 0.880. The standard InChI is InChI=1S/C17H20N2OS2/c18-12-17(7-1-2-8-17)16(20)19-14-6-3-5-13(11-14)15-21-9-4-10-22-15/h3,5-6,11,15H,1-2,4,7-10H2,(H,19,20). The molecule has 0 aromatic heterocycles. The number of hydrogen-bond acceptors (Lipinski definition) is 4. The van der Waals surface area contributed by atoms with Crippen LogP contribution in [-0.4, -0.2) is 17.4 Å². The SMILES string of the molecule is N#CC1(C(=O)Nc2cccc(C3SCCCS3)c2)CCCC1. The van der Waals surface area contributed by atoms with Gasteiger partial charge in [0.1, 0.15) is 5.41 Å². The minimum Gasteiger partial charge on any atom is -0.325 e. The number of nitrogens with zero attached hydrogens (tertiary/aromatic N) is 1. The van der Waals surface area contributed by atoms with Gasteiger partial charge in [-0.05, 0) is 48.5 Å². The molecule has 1 aromatic rings. The first kappa shape index (κ1) is 15.8. The Hall–Kier alpha value is -1.12. The van der Waals surface area contributed by atoms with E-state index in [9.17, 15) is 10.1 Å². The highest BCUT2D eigenvalue weighted by atomic mass is 32.2. The molecule has 1 saturated carbocycles. The van der Waals surface area contributed by atoms with E-state index >= 15 is 0 Å². The van der Waals surface area contributed by atoms with Crippen LogP contribution in [-0.2, 0) is 4.79 Å². The molecule has 3 rings (SSSR count). The second kappa shape index (κ2) is 6.97. The van der Waals surface area contributed by atoms with E-state index in [1.54, 1.807) is 0 Å². The average molecular weight is 332 g/mol. The number of carbonyl (C=O) groups excluding carboxylic acids is 1. The zero-order valence-electron chi connectivity index (χ0n) is 12.5. The minimum atomic E-state index is -0.815. The predicted octanol–water partition coefficient (Wildman–Crippen LogP) is 4.58. The van der Waals surface area contributed by atoms with E-state index in [4.69, 9.17) is 0 Å². The Morgan fingerprint density at radius 1 is 1.23 bits per heavy atom. The molecule has 0 unspecified atom stereocenters. The van der Waals surface area contributed by atoms with Gasteiger partial charge >= 0.3 is 0 Å². The molecule has 1 aliphatic carbocycles. The molecule has 0 radical (unpaired) electrons. The van der Waals surface area contributed by atoms with Crippen molar-refractivity contribution in [2.24, 2.45) is 5.41 Å². The van der Waals surface area contributed by atoms with E-state index in [0.29, 0.717) is 17.4 Å². The fourth-order valence-electron chi connectivity index (χ4n) is 3.06. The predicted molar refractivity (Wildman–Crippen MR) is 93.9 cm³/mol. The Kier molecular flexibility index (Phi) is 5.00. The third kappa shape index (κ3) is 3.28. The summed E-state index contributed by atoms with van der Waals surface area (Å²) >= 11 is 3.94. The normalized spacial score (nSPS) is 21.2. The van der Waals surface area contributed by atoms with Gasteiger partial charge in [-0.2, -0.15) is 5.26 Å². The van der Waals surface area contributed by atoms with Crippen molar-refractivity contribution in [2.45, 2.75) is 36.7 Å². The number of amides is 1. The van der Waals surface area contributed by atoms with Crippen LogP contribution in [0.2, 0.25) is 0 Å². The topological polar surface area (TPSA) is 52.9 Å². The molecular weight excluding hydrogens is 312 g/mol. The molecule has 2 fully saturated rings. The Bertz CT molecular complexity index is 585. The zero-order chi connectivity index (χ0) is 15.4. The second-order valence-corrected chi connectivity index (χ2v) is 8.63. The molecule has 1 aromatic carbocycles. The van der Waals surface area contributed by atoms with Gasteiger partial charge in [0.2, 0.25) is 5.91 Å². The summed E-state index contributed by atoms with van der Waals surface area (Å²) in [5.41, 5.74) is 1.25. The summed E-state index contributed by atoms with van der Waals surface area (Å²) < 4.78 is 0.460. The molecule has 116 valence electrons. The minimum absolute atomic E-state index is 0.131. The van der Waals surface area contributed by atoms with Gasteiger partial charge in [-0.1, -0.05) is 25.0 Å². The lowest BCUT2D eigenvalue weighted by atomic mass is 9.87. The van der Waals surface area contributed by atoms with Crippen molar-refractivity contribution in [2.75, 3.05) is 16.8 Å². The van der Waals surface area contributed by atoms with Crippen molar-refractivity contribution >= 4 is 35.1 Å². The summed E-state index contributed by atoms with van der Waals surface area (Å²) in [7, 11) is 0. The Labute approximate surface area is 140 Å². The fourth-order valence-corrected chi connectivity index (χ4v) is 5.94. The fraction of sp³-hybridized carbons (Fsp3) is 0.529. The zero-order valence-corrected chi connectivity index (χ0v) is 14.1. The van der Waals surface area contributed by atoms with E-state index in [2.05, 4.69) is 23.5 Å². The van der Waals surface area contributed by atoms with Gasteiger partial charge in [0, 0.05) is 5.69 Å². The van der Waals surface area contributed by atoms with Crippen molar-refractivity contribution in [3.05, 3.63) is 29.8 Å². The van der Waals surface area contributed by atoms with Crippen molar-refractivity contribution in [3.8, 4) is 6.07 Å². The molecule has 1 heterocycles. The van der Waals surface area contributed by atoms with Crippen LogP contribution in [0.1, 0.15) is 42.2 Å². The first-order chi connectivity index (χ1) is 10.7. The molecule has 1 amide bonds. The summed E-state index contributed by atoms with van der Waals surface area (Å²) in [5.74, 6) is 2.27. The Morgan fingerprint density at radius 3 is 2.64 bits per heavy atom. The van der Waals surface area contributed by atoms with Crippen LogP contribution < -0.4 is 5.32 Å². The molecular formula is C17H20N2OS2. The van der Waals surface area contributed by atoms with Crippen LogP contribution in [0.15, 0.2) is 24.3 Å². The van der Waals surface area contributed by atoms with Crippen molar-refractivity contribution in [1.29, 1.82) is 5.26 Å². The van der Waals surface area contributed by atoms with Crippen LogP contribution >= 0.6 is 23.5 Å². The van der Waals surface area contributed by atoms with Crippen LogP contribution in [0.4, 0.5) is 5.69 Å². The number of nitrogens with one attached hydrogen (secondary N) is 1. The van der Waals surface area contributed by atoms with E-state index in [1.165, 1.54) is 23.5 Å². The maximum Gasteiger partial charge on any atom is 0.244 e. The summed E-state index contributed by atoms with van der Waals surface area (Å²) in [4.78, 5) is 12.5. The first-order valence-corrected chi connectivity index (χ1v) is 9.89. The third-order valence-electron chi connectivity index (χ3n) is 4.35. The molecule has 0 atom stereocenters. The number of rotatable bonds is 3. The molecule has 22 heavy (non-hydrogen) atoms. The lowest BCUT2D eigenvalue weighted by molar-refractivity contribution is -0.122. The van der Waals surface area contributed by atoms with Gasteiger partial charge < -0.3 is 5.32 Å². The van der Waals surface area contributed by atoms with Crippen molar-refractivity contribution < 1.29 is 4.79 Å². The van der Waals surface area contributed by atoms with Gasteiger partial charge in [0.05, 0.1) is 10.7 Å². The molecule has 2 aliphatic rings. The van der Waals surface area contributed by atoms with Gasteiger partial charge in [-0.15, -0.1) is 23.5 Å². The second-order valence-electron chi connectivity index (χ2n) is 5.91. The van der Waals surface area contributed by atoms with E-state index in [0.717, 1.165) is 18.5 Å². The highest BCUT2D eigenvalue weighted by Gasteiger charge is 2.41. The number of thioether (sulfide) groups is 2. The van der Waals surface area contributed by atoms with E-state index < -0.39 is 5.41 Å².